The number of hydrogen-bond acceptors (Lipinski definition) is 4. The number of ketones is 1. The largest absolute Gasteiger partial charge is 0.454 e. The Morgan fingerprint density at radius 2 is 2.10 bits per heavy atom. The molecule has 3 heterocycles. The molecule has 1 fully saturated rings. The molecule has 3 atom stereocenters. The minimum absolute atomic E-state index is 0.00245. The van der Waals surface area contributed by atoms with E-state index in [2.05, 4.69) is 23.1 Å². The first-order chi connectivity index (χ1) is 9.76. The Labute approximate surface area is 117 Å². The second-order valence-electron chi connectivity index (χ2n) is 6.14. The Morgan fingerprint density at radius 3 is 3.00 bits per heavy atom. The summed E-state index contributed by atoms with van der Waals surface area (Å²) >= 11 is 0. The van der Waals surface area contributed by atoms with Gasteiger partial charge in [-0.2, -0.15) is 0 Å². The lowest BCUT2D eigenvalue weighted by Gasteiger charge is -2.43. The van der Waals surface area contributed by atoms with Crippen LogP contribution in [0.4, 0.5) is 0 Å². The van der Waals surface area contributed by atoms with E-state index in [9.17, 15) is 4.79 Å². The Bertz CT molecular complexity index is 666. The summed E-state index contributed by atoms with van der Waals surface area (Å²) in [5.74, 6) is 1.96. The minimum atomic E-state index is 0.00245. The zero-order valence-corrected chi connectivity index (χ0v) is 11.1. The molecule has 1 aromatic rings. The van der Waals surface area contributed by atoms with Crippen LogP contribution in [0.5, 0.6) is 11.5 Å². The van der Waals surface area contributed by atoms with Crippen molar-refractivity contribution in [3.8, 4) is 11.5 Å². The molecule has 0 N–H and O–H groups in total. The lowest BCUT2D eigenvalue weighted by molar-refractivity contribution is -0.116. The van der Waals surface area contributed by atoms with Gasteiger partial charge in [0.15, 0.2) is 17.3 Å². The van der Waals surface area contributed by atoms with Gasteiger partial charge in [-0.25, -0.2) is 0 Å². The van der Waals surface area contributed by atoms with Gasteiger partial charge in [0.25, 0.3) is 0 Å². The number of ether oxygens (including phenoxy) is 2. The molecule has 1 unspecified atom stereocenters. The number of carbonyl (C=O) groups excluding carboxylic acids is 1. The smallest absolute Gasteiger partial charge is 0.231 e. The first-order valence-electron chi connectivity index (χ1n) is 7.15. The molecule has 3 aliphatic heterocycles. The molecule has 1 aromatic carbocycles. The summed E-state index contributed by atoms with van der Waals surface area (Å²) in [7, 11) is 0. The average Bonchev–Trinajstić information content (AvgIpc) is 3.00. The summed E-state index contributed by atoms with van der Waals surface area (Å²) in [5.41, 5.74) is 2.66. The molecule has 0 radical (unpaired) electrons. The van der Waals surface area contributed by atoms with Crippen molar-refractivity contribution in [3.05, 3.63) is 35.4 Å². The van der Waals surface area contributed by atoms with Gasteiger partial charge in [-0.05, 0) is 35.8 Å². The van der Waals surface area contributed by atoms with Crippen molar-refractivity contribution >= 4 is 5.78 Å². The van der Waals surface area contributed by atoms with E-state index in [0.717, 1.165) is 31.0 Å². The van der Waals surface area contributed by atoms with E-state index in [1.54, 1.807) is 6.08 Å². The fourth-order valence-electron chi connectivity index (χ4n) is 4.34. The Kier molecular flexibility index (Phi) is 1.88. The van der Waals surface area contributed by atoms with Crippen LogP contribution in [-0.4, -0.2) is 30.1 Å². The van der Waals surface area contributed by atoms with Crippen LogP contribution >= 0.6 is 0 Å². The molecule has 0 saturated carbocycles. The molecule has 4 nitrogen and oxygen atoms in total. The number of fused-ring (bicyclic) bond motifs is 2. The van der Waals surface area contributed by atoms with Crippen LogP contribution in [0.15, 0.2) is 24.3 Å². The zero-order valence-electron chi connectivity index (χ0n) is 11.1. The van der Waals surface area contributed by atoms with Gasteiger partial charge in [0.1, 0.15) is 0 Å². The number of hydrogen-bond donors (Lipinski definition) is 0. The number of rotatable bonds is 0. The van der Waals surface area contributed by atoms with E-state index < -0.39 is 0 Å². The van der Waals surface area contributed by atoms with E-state index in [1.165, 1.54) is 11.1 Å². The Morgan fingerprint density at radius 1 is 1.25 bits per heavy atom. The van der Waals surface area contributed by atoms with Gasteiger partial charge in [-0.1, -0.05) is 6.08 Å². The van der Waals surface area contributed by atoms with Crippen molar-refractivity contribution in [2.75, 3.05) is 13.3 Å². The number of benzene rings is 1. The monoisotopic (exact) mass is 269 g/mol. The standard InChI is InChI=1S/C16H15NO3/c18-11-1-2-16-3-4-17(15(16)6-11)8-10-5-13-14(7-12(10)16)20-9-19-13/h1-2,5,7,15H,3-4,6,8-9H2/t15-,16-/m1/s1. The van der Waals surface area contributed by atoms with E-state index in [1.807, 2.05) is 0 Å². The van der Waals surface area contributed by atoms with Crippen LogP contribution in [0.1, 0.15) is 24.0 Å². The van der Waals surface area contributed by atoms with Crippen molar-refractivity contribution < 1.29 is 14.3 Å². The van der Waals surface area contributed by atoms with Crippen molar-refractivity contribution in [1.82, 2.24) is 4.90 Å². The Hall–Kier alpha value is -1.81. The Balaban J connectivity index is 1.76. The zero-order chi connectivity index (χ0) is 13.3. The van der Waals surface area contributed by atoms with E-state index >= 15 is 0 Å². The van der Waals surface area contributed by atoms with Gasteiger partial charge < -0.3 is 9.47 Å². The van der Waals surface area contributed by atoms with Gasteiger partial charge in [0.2, 0.25) is 6.79 Å². The molecule has 2 bridgehead atoms. The normalized spacial score (nSPS) is 35.9. The van der Waals surface area contributed by atoms with E-state index in [0.29, 0.717) is 19.3 Å². The molecule has 1 aliphatic carbocycles. The predicted octanol–water partition coefficient (Wildman–Crippen LogP) is 1.77. The van der Waals surface area contributed by atoms with Crippen molar-refractivity contribution in [1.29, 1.82) is 0 Å². The number of carbonyl (C=O) groups is 1. The molecule has 5 rings (SSSR count). The summed E-state index contributed by atoms with van der Waals surface area (Å²) < 4.78 is 11.0. The second-order valence-corrected chi connectivity index (χ2v) is 6.14. The third-order valence-electron chi connectivity index (χ3n) is 5.28. The minimum Gasteiger partial charge on any atom is -0.454 e. The molecule has 0 aromatic heterocycles. The predicted molar refractivity (Wildman–Crippen MR) is 71.8 cm³/mol. The molecule has 4 aliphatic rings. The third kappa shape index (κ3) is 1.18. The van der Waals surface area contributed by atoms with Gasteiger partial charge in [-0.3, -0.25) is 9.69 Å². The first-order valence-corrected chi connectivity index (χ1v) is 7.15. The first kappa shape index (κ1) is 10.9. The van der Waals surface area contributed by atoms with Gasteiger partial charge in [0.05, 0.1) is 0 Å². The van der Waals surface area contributed by atoms with Crippen LogP contribution in [0.25, 0.3) is 0 Å². The molecule has 20 heavy (non-hydrogen) atoms. The van der Waals surface area contributed by atoms with Crippen LogP contribution in [0.3, 0.4) is 0 Å². The van der Waals surface area contributed by atoms with Crippen LogP contribution < -0.4 is 9.47 Å². The molecule has 102 valence electrons. The molecule has 0 amide bonds. The summed E-state index contributed by atoms with van der Waals surface area (Å²) in [5, 5.41) is 0. The highest BCUT2D eigenvalue weighted by atomic mass is 16.7. The third-order valence-corrected chi connectivity index (χ3v) is 5.28. The summed E-state index contributed by atoms with van der Waals surface area (Å²) in [6.07, 6.45) is 5.65. The van der Waals surface area contributed by atoms with Gasteiger partial charge >= 0.3 is 0 Å². The van der Waals surface area contributed by atoms with Crippen LogP contribution in [0, 0.1) is 0 Å². The molecular formula is C16H15NO3. The number of nitrogens with zero attached hydrogens (tertiary/aromatic N) is 1. The fraction of sp³-hybridized carbons (Fsp3) is 0.438. The molecule has 1 saturated heterocycles. The highest BCUT2D eigenvalue weighted by Crippen LogP contribution is 2.52. The van der Waals surface area contributed by atoms with Crippen molar-refractivity contribution in [2.24, 2.45) is 0 Å². The maximum absolute atomic E-state index is 11.8. The highest BCUT2D eigenvalue weighted by Gasteiger charge is 2.53. The summed E-state index contributed by atoms with van der Waals surface area (Å²) in [4.78, 5) is 14.2. The van der Waals surface area contributed by atoms with Gasteiger partial charge in [0, 0.05) is 31.0 Å². The quantitative estimate of drug-likeness (QED) is 0.719. The maximum atomic E-state index is 11.8. The van der Waals surface area contributed by atoms with E-state index in [4.69, 9.17) is 9.47 Å². The highest BCUT2D eigenvalue weighted by molar-refractivity contribution is 5.92. The second kappa shape index (κ2) is 3.44. The average molecular weight is 269 g/mol. The van der Waals surface area contributed by atoms with Crippen molar-refractivity contribution in [2.45, 2.75) is 30.8 Å². The lowest BCUT2D eigenvalue weighted by Crippen LogP contribution is -2.48. The summed E-state index contributed by atoms with van der Waals surface area (Å²) in [6, 6.07) is 4.60. The fourth-order valence-corrected chi connectivity index (χ4v) is 4.34. The van der Waals surface area contributed by atoms with Gasteiger partial charge in [-0.15, -0.1) is 0 Å². The lowest BCUT2D eigenvalue weighted by atomic mass is 9.67. The topological polar surface area (TPSA) is 38.8 Å². The van der Waals surface area contributed by atoms with Crippen LogP contribution in [0.2, 0.25) is 0 Å². The molecular weight excluding hydrogens is 254 g/mol. The van der Waals surface area contributed by atoms with Crippen LogP contribution in [-0.2, 0) is 16.8 Å². The maximum Gasteiger partial charge on any atom is 0.231 e. The van der Waals surface area contributed by atoms with Crippen molar-refractivity contribution in [3.63, 3.8) is 0 Å². The molecule has 4 heteroatoms. The SMILES string of the molecule is O=C1C=C[C@@]23CCN(Cc4cc5c(cc42)OCO5)[C@@H]3C1. The summed E-state index contributed by atoms with van der Waals surface area (Å²) in [6.45, 7) is 2.29. The molecule has 0 spiro atoms. The van der Waals surface area contributed by atoms with E-state index in [-0.39, 0.29) is 11.2 Å². The number of allylic oxidation sites excluding steroid dienone is 1.